The third-order valence-corrected chi connectivity index (χ3v) is 5.05. The zero-order valence-electron chi connectivity index (χ0n) is 13.4. The molecule has 1 atom stereocenters. The van der Waals surface area contributed by atoms with E-state index in [4.69, 9.17) is 0 Å². The highest BCUT2D eigenvalue weighted by molar-refractivity contribution is 5.93. The fraction of sp³-hybridized carbons (Fsp3) is 0.611. The third kappa shape index (κ3) is 3.46. The van der Waals surface area contributed by atoms with Crippen molar-refractivity contribution in [1.29, 1.82) is 0 Å². The second-order valence-corrected chi connectivity index (χ2v) is 6.78. The smallest absolute Gasteiger partial charge is 0.238 e. The van der Waals surface area contributed by atoms with Gasteiger partial charge >= 0.3 is 0 Å². The monoisotopic (exact) mass is 286 g/mol. The minimum absolute atomic E-state index is 0.128. The second kappa shape index (κ2) is 5.80. The van der Waals surface area contributed by atoms with E-state index >= 15 is 0 Å². The largest absolute Gasteiger partial charge is 0.325 e. The standard InChI is InChI=1S/C18H26N2O/c1-12-5-4-6-17(13(12)2)19-18(21)11-20(16-9-10-16)14(3)15-7-8-15/h4-6,14-16H,7-11H2,1-3H3,(H,19,21)/t14-/m0/s1. The van der Waals surface area contributed by atoms with Gasteiger partial charge < -0.3 is 5.32 Å². The van der Waals surface area contributed by atoms with E-state index in [9.17, 15) is 4.79 Å². The number of anilines is 1. The van der Waals surface area contributed by atoms with Crippen LogP contribution in [0.2, 0.25) is 0 Å². The molecule has 0 spiro atoms. The summed E-state index contributed by atoms with van der Waals surface area (Å²) in [5.41, 5.74) is 3.34. The number of carbonyl (C=O) groups excluding carboxylic acids is 1. The molecule has 0 bridgehead atoms. The van der Waals surface area contributed by atoms with Crippen LogP contribution in [0.3, 0.4) is 0 Å². The molecule has 0 heterocycles. The molecule has 2 aliphatic rings. The minimum atomic E-state index is 0.128. The molecule has 3 rings (SSSR count). The van der Waals surface area contributed by atoms with Crippen LogP contribution in [0.5, 0.6) is 0 Å². The lowest BCUT2D eigenvalue weighted by atomic mass is 10.1. The summed E-state index contributed by atoms with van der Waals surface area (Å²) >= 11 is 0. The van der Waals surface area contributed by atoms with Gasteiger partial charge in [0.25, 0.3) is 0 Å². The first-order chi connectivity index (χ1) is 10.1. The molecule has 1 aromatic rings. The van der Waals surface area contributed by atoms with Crippen molar-refractivity contribution in [2.45, 2.75) is 58.5 Å². The highest BCUT2D eigenvalue weighted by Gasteiger charge is 2.39. The van der Waals surface area contributed by atoms with Crippen molar-refractivity contribution in [2.75, 3.05) is 11.9 Å². The fourth-order valence-electron chi connectivity index (χ4n) is 3.10. The molecule has 21 heavy (non-hydrogen) atoms. The van der Waals surface area contributed by atoms with Crippen LogP contribution >= 0.6 is 0 Å². The SMILES string of the molecule is Cc1cccc(NC(=O)CN(C2CC2)[C@@H](C)C2CC2)c1C. The van der Waals surface area contributed by atoms with Gasteiger partial charge in [-0.2, -0.15) is 0 Å². The van der Waals surface area contributed by atoms with Crippen LogP contribution in [0.4, 0.5) is 5.69 Å². The van der Waals surface area contributed by atoms with E-state index in [0.29, 0.717) is 18.6 Å². The summed E-state index contributed by atoms with van der Waals surface area (Å²) in [7, 11) is 0. The molecular weight excluding hydrogens is 260 g/mol. The summed E-state index contributed by atoms with van der Waals surface area (Å²) in [5, 5.41) is 3.10. The molecule has 1 amide bonds. The normalized spacial score (nSPS) is 19.6. The van der Waals surface area contributed by atoms with Crippen molar-refractivity contribution in [1.82, 2.24) is 4.90 Å². The summed E-state index contributed by atoms with van der Waals surface area (Å²) in [6.07, 6.45) is 5.19. The van der Waals surface area contributed by atoms with Crippen molar-refractivity contribution in [3.8, 4) is 0 Å². The van der Waals surface area contributed by atoms with Crippen LogP contribution in [-0.2, 0) is 4.79 Å². The van der Waals surface area contributed by atoms with Crippen molar-refractivity contribution in [3.05, 3.63) is 29.3 Å². The Bertz CT molecular complexity index is 532. The Morgan fingerprint density at radius 2 is 2.00 bits per heavy atom. The van der Waals surface area contributed by atoms with Gasteiger partial charge in [0.1, 0.15) is 0 Å². The summed E-state index contributed by atoms with van der Waals surface area (Å²) in [5.74, 6) is 0.946. The first kappa shape index (κ1) is 14.6. The highest BCUT2D eigenvalue weighted by atomic mass is 16.2. The number of rotatable bonds is 6. The van der Waals surface area contributed by atoms with Crippen molar-refractivity contribution in [3.63, 3.8) is 0 Å². The van der Waals surface area contributed by atoms with Gasteiger partial charge in [0.2, 0.25) is 5.91 Å². The van der Waals surface area contributed by atoms with Crippen LogP contribution in [-0.4, -0.2) is 29.4 Å². The van der Waals surface area contributed by atoms with Crippen molar-refractivity contribution >= 4 is 11.6 Å². The molecule has 0 aromatic heterocycles. The molecule has 0 saturated heterocycles. The Morgan fingerprint density at radius 3 is 2.62 bits per heavy atom. The maximum Gasteiger partial charge on any atom is 0.238 e. The first-order valence-corrected chi connectivity index (χ1v) is 8.18. The quantitative estimate of drug-likeness (QED) is 0.868. The number of hydrogen-bond donors (Lipinski definition) is 1. The van der Waals surface area contributed by atoms with Gasteiger partial charge in [-0.25, -0.2) is 0 Å². The number of benzene rings is 1. The first-order valence-electron chi connectivity index (χ1n) is 8.18. The van der Waals surface area contributed by atoms with Gasteiger partial charge in [-0.15, -0.1) is 0 Å². The summed E-state index contributed by atoms with van der Waals surface area (Å²) < 4.78 is 0. The second-order valence-electron chi connectivity index (χ2n) is 6.78. The van der Waals surface area contributed by atoms with E-state index in [1.165, 1.54) is 36.8 Å². The van der Waals surface area contributed by atoms with Gasteiger partial charge in [0.05, 0.1) is 6.54 Å². The predicted molar refractivity (Wildman–Crippen MR) is 86.5 cm³/mol. The summed E-state index contributed by atoms with van der Waals surface area (Å²) in [4.78, 5) is 14.8. The van der Waals surface area contributed by atoms with Gasteiger partial charge in [-0.05, 0) is 69.6 Å². The van der Waals surface area contributed by atoms with Crippen LogP contribution in [0.15, 0.2) is 18.2 Å². The van der Waals surface area contributed by atoms with Crippen molar-refractivity contribution < 1.29 is 4.79 Å². The molecule has 1 aromatic carbocycles. The minimum Gasteiger partial charge on any atom is -0.325 e. The molecule has 0 radical (unpaired) electrons. The Hall–Kier alpha value is -1.35. The number of aryl methyl sites for hydroxylation is 1. The van der Waals surface area contributed by atoms with Crippen LogP contribution in [0, 0.1) is 19.8 Å². The number of nitrogens with zero attached hydrogens (tertiary/aromatic N) is 1. The lowest BCUT2D eigenvalue weighted by Crippen LogP contribution is -2.42. The fourth-order valence-corrected chi connectivity index (χ4v) is 3.10. The molecule has 114 valence electrons. The molecule has 2 saturated carbocycles. The zero-order valence-corrected chi connectivity index (χ0v) is 13.4. The molecule has 0 unspecified atom stereocenters. The Balaban J connectivity index is 1.63. The maximum atomic E-state index is 12.4. The third-order valence-electron chi connectivity index (χ3n) is 5.05. The van der Waals surface area contributed by atoms with E-state index in [1.807, 2.05) is 12.1 Å². The lowest BCUT2D eigenvalue weighted by molar-refractivity contribution is -0.118. The highest BCUT2D eigenvalue weighted by Crippen LogP contribution is 2.39. The Morgan fingerprint density at radius 1 is 1.29 bits per heavy atom. The van der Waals surface area contributed by atoms with Crippen molar-refractivity contribution in [2.24, 2.45) is 5.92 Å². The predicted octanol–water partition coefficient (Wildman–Crippen LogP) is 3.50. The zero-order chi connectivity index (χ0) is 15.0. The molecule has 2 fully saturated rings. The number of nitrogens with one attached hydrogen (secondary N) is 1. The number of hydrogen-bond acceptors (Lipinski definition) is 2. The summed E-state index contributed by atoms with van der Waals surface area (Å²) in [6.45, 7) is 6.98. The average Bonchev–Trinajstić information content (AvgIpc) is 3.31. The van der Waals surface area contributed by atoms with Gasteiger partial charge in [0, 0.05) is 17.8 Å². The van der Waals surface area contributed by atoms with Crippen LogP contribution in [0.1, 0.15) is 43.7 Å². The van der Waals surface area contributed by atoms with Crippen LogP contribution < -0.4 is 5.32 Å². The maximum absolute atomic E-state index is 12.4. The molecule has 0 aliphatic heterocycles. The summed E-state index contributed by atoms with van der Waals surface area (Å²) in [6, 6.07) is 7.28. The molecule has 1 N–H and O–H groups in total. The van der Waals surface area contributed by atoms with Gasteiger partial charge in [-0.3, -0.25) is 9.69 Å². The van der Waals surface area contributed by atoms with E-state index in [2.05, 4.69) is 37.1 Å². The molecular formula is C18H26N2O. The van der Waals surface area contributed by atoms with E-state index in [-0.39, 0.29) is 5.91 Å². The lowest BCUT2D eigenvalue weighted by Gasteiger charge is -2.28. The number of amides is 1. The van der Waals surface area contributed by atoms with E-state index in [0.717, 1.165) is 11.6 Å². The molecule has 3 heteroatoms. The Kier molecular flexibility index (Phi) is 4.03. The van der Waals surface area contributed by atoms with Gasteiger partial charge in [0.15, 0.2) is 0 Å². The molecule has 2 aliphatic carbocycles. The van der Waals surface area contributed by atoms with E-state index in [1.54, 1.807) is 0 Å². The topological polar surface area (TPSA) is 32.3 Å². The Labute approximate surface area is 127 Å². The average molecular weight is 286 g/mol. The van der Waals surface area contributed by atoms with E-state index < -0.39 is 0 Å². The van der Waals surface area contributed by atoms with Gasteiger partial charge in [-0.1, -0.05) is 12.1 Å². The number of carbonyl (C=O) groups is 1. The van der Waals surface area contributed by atoms with Crippen LogP contribution in [0.25, 0.3) is 0 Å². The molecule has 3 nitrogen and oxygen atoms in total.